The minimum absolute atomic E-state index is 0. The number of rotatable bonds is 11. The number of benzene rings is 1. The van der Waals surface area contributed by atoms with Crippen molar-refractivity contribution in [3.63, 3.8) is 0 Å². The number of hydrogen-bond donors (Lipinski definition) is 3. The van der Waals surface area contributed by atoms with E-state index in [0.717, 1.165) is 38.0 Å². The second-order valence-corrected chi connectivity index (χ2v) is 7.56. The van der Waals surface area contributed by atoms with Crippen LogP contribution in [0.2, 0.25) is 0 Å². The van der Waals surface area contributed by atoms with Gasteiger partial charge in [-0.1, -0.05) is 64.0 Å². The number of nitrogens with one attached hydrogen (secondary N) is 3. The fourth-order valence-corrected chi connectivity index (χ4v) is 3.55. The summed E-state index contributed by atoms with van der Waals surface area (Å²) in [6.07, 6.45) is 14.1. The fourth-order valence-electron chi connectivity index (χ4n) is 3.55. The van der Waals surface area contributed by atoms with E-state index in [4.69, 9.17) is 0 Å². The number of carbonyl (C=O) groups excluding carboxylic acids is 1. The quantitative estimate of drug-likeness (QED) is 0.423. The summed E-state index contributed by atoms with van der Waals surface area (Å²) in [4.78, 5) is 12.1. The zero-order valence-corrected chi connectivity index (χ0v) is 17.7. The van der Waals surface area contributed by atoms with E-state index in [0.29, 0.717) is 0 Å². The molecule has 4 nitrogen and oxygen atoms in total. The SMILES string of the molecule is CCCCCCCCCCc1ccc(NC(=O)N[C@H]2CCCNC2)cc1.Cl. The van der Waals surface area contributed by atoms with Crippen LogP contribution in [0, 0.1) is 0 Å². The Bertz CT molecular complexity index is 501. The van der Waals surface area contributed by atoms with Gasteiger partial charge in [0, 0.05) is 18.3 Å². The molecule has 1 fully saturated rings. The van der Waals surface area contributed by atoms with Crippen LogP contribution in [-0.4, -0.2) is 25.2 Å². The summed E-state index contributed by atoms with van der Waals surface area (Å²) in [7, 11) is 0. The van der Waals surface area contributed by atoms with Crippen molar-refractivity contribution in [3.8, 4) is 0 Å². The lowest BCUT2D eigenvalue weighted by Crippen LogP contribution is -2.47. The van der Waals surface area contributed by atoms with Crippen molar-refractivity contribution in [3.05, 3.63) is 29.8 Å². The van der Waals surface area contributed by atoms with Crippen LogP contribution in [-0.2, 0) is 6.42 Å². The lowest BCUT2D eigenvalue weighted by molar-refractivity contribution is 0.245. The van der Waals surface area contributed by atoms with E-state index in [9.17, 15) is 4.79 Å². The lowest BCUT2D eigenvalue weighted by Gasteiger charge is -2.23. The van der Waals surface area contributed by atoms with Gasteiger partial charge in [0.05, 0.1) is 0 Å². The summed E-state index contributed by atoms with van der Waals surface area (Å²) in [5.41, 5.74) is 2.23. The minimum atomic E-state index is -0.102. The second kappa shape index (κ2) is 14.8. The highest BCUT2D eigenvalue weighted by Gasteiger charge is 2.15. The molecule has 0 saturated carbocycles. The van der Waals surface area contributed by atoms with Gasteiger partial charge in [-0.15, -0.1) is 12.4 Å². The molecule has 0 unspecified atom stereocenters. The van der Waals surface area contributed by atoms with Crippen molar-refractivity contribution >= 4 is 24.1 Å². The number of aryl methyl sites for hydroxylation is 1. The van der Waals surface area contributed by atoms with Crippen molar-refractivity contribution in [2.75, 3.05) is 18.4 Å². The van der Waals surface area contributed by atoms with Crippen molar-refractivity contribution < 1.29 is 4.79 Å². The molecule has 1 heterocycles. The zero-order chi connectivity index (χ0) is 18.5. The van der Waals surface area contributed by atoms with Crippen LogP contribution in [0.3, 0.4) is 0 Å². The van der Waals surface area contributed by atoms with Gasteiger partial charge < -0.3 is 16.0 Å². The minimum Gasteiger partial charge on any atom is -0.334 e. The highest BCUT2D eigenvalue weighted by atomic mass is 35.5. The number of unbranched alkanes of at least 4 members (excludes halogenated alkanes) is 7. The first kappa shape index (κ1) is 23.8. The molecule has 5 heteroatoms. The van der Waals surface area contributed by atoms with Gasteiger partial charge in [0.1, 0.15) is 0 Å². The molecule has 1 aliphatic heterocycles. The Balaban J connectivity index is 0.00000364. The van der Waals surface area contributed by atoms with Gasteiger partial charge in [0.25, 0.3) is 0 Å². The third-order valence-corrected chi connectivity index (χ3v) is 5.16. The number of piperidine rings is 1. The van der Waals surface area contributed by atoms with E-state index >= 15 is 0 Å². The first-order valence-corrected chi connectivity index (χ1v) is 10.6. The second-order valence-electron chi connectivity index (χ2n) is 7.56. The molecule has 1 saturated heterocycles. The maximum atomic E-state index is 12.1. The van der Waals surface area contributed by atoms with E-state index < -0.39 is 0 Å². The zero-order valence-electron chi connectivity index (χ0n) is 16.9. The standard InChI is InChI=1S/C22H37N3O.ClH/c1-2-3-4-5-6-7-8-9-11-19-13-15-20(16-14-19)24-22(26)25-21-12-10-17-23-18-21;/h13-16,21,23H,2-12,17-18H2,1H3,(H2,24,25,26);1H/t21-;/m0./s1. The van der Waals surface area contributed by atoms with Gasteiger partial charge >= 0.3 is 6.03 Å². The van der Waals surface area contributed by atoms with E-state index in [-0.39, 0.29) is 24.5 Å². The van der Waals surface area contributed by atoms with Gasteiger partial charge in [0.15, 0.2) is 0 Å². The number of carbonyl (C=O) groups is 1. The molecule has 0 aromatic heterocycles. The largest absolute Gasteiger partial charge is 0.334 e. The molecule has 0 spiro atoms. The van der Waals surface area contributed by atoms with E-state index in [1.165, 1.54) is 56.9 Å². The van der Waals surface area contributed by atoms with Crippen LogP contribution in [0.4, 0.5) is 10.5 Å². The Morgan fingerprint density at radius 3 is 2.33 bits per heavy atom. The molecule has 1 aromatic rings. The predicted molar refractivity (Wildman–Crippen MR) is 118 cm³/mol. The van der Waals surface area contributed by atoms with Gasteiger partial charge in [-0.2, -0.15) is 0 Å². The average molecular weight is 396 g/mol. The van der Waals surface area contributed by atoms with E-state index in [2.05, 4.69) is 35.0 Å². The molecule has 2 rings (SSSR count). The Morgan fingerprint density at radius 1 is 1.04 bits per heavy atom. The van der Waals surface area contributed by atoms with Crippen molar-refractivity contribution in [2.45, 2.75) is 83.6 Å². The Morgan fingerprint density at radius 2 is 1.70 bits per heavy atom. The van der Waals surface area contributed by atoms with Crippen LogP contribution < -0.4 is 16.0 Å². The average Bonchev–Trinajstić information content (AvgIpc) is 2.66. The summed E-state index contributed by atoms with van der Waals surface area (Å²) >= 11 is 0. The molecule has 3 N–H and O–H groups in total. The molecule has 0 bridgehead atoms. The monoisotopic (exact) mass is 395 g/mol. The summed E-state index contributed by atoms with van der Waals surface area (Å²) in [5, 5.41) is 9.29. The molecule has 1 atom stereocenters. The van der Waals surface area contributed by atoms with Gasteiger partial charge in [0.2, 0.25) is 0 Å². The smallest absolute Gasteiger partial charge is 0.319 e. The number of hydrogen-bond acceptors (Lipinski definition) is 2. The Labute approximate surface area is 171 Å². The van der Waals surface area contributed by atoms with Crippen molar-refractivity contribution in [1.29, 1.82) is 0 Å². The molecular weight excluding hydrogens is 358 g/mol. The fraction of sp³-hybridized carbons (Fsp3) is 0.682. The molecule has 1 aliphatic rings. The van der Waals surface area contributed by atoms with Gasteiger partial charge in [-0.05, 0) is 49.9 Å². The van der Waals surface area contributed by atoms with Gasteiger partial charge in [-0.3, -0.25) is 0 Å². The highest BCUT2D eigenvalue weighted by Crippen LogP contribution is 2.14. The summed E-state index contributed by atoms with van der Waals surface area (Å²) in [6.45, 7) is 4.19. The summed E-state index contributed by atoms with van der Waals surface area (Å²) in [5.74, 6) is 0. The number of halogens is 1. The molecule has 1 aromatic carbocycles. The molecular formula is C22H38ClN3O. The molecule has 0 radical (unpaired) electrons. The van der Waals surface area contributed by atoms with Crippen molar-refractivity contribution in [1.82, 2.24) is 10.6 Å². The highest BCUT2D eigenvalue weighted by molar-refractivity contribution is 5.89. The van der Waals surface area contributed by atoms with Crippen LogP contribution in [0.1, 0.15) is 76.7 Å². The number of amides is 2. The Hall–Kier alpha value is -1.26. The third-order valence-electron chi connectivity index (χ3n) is 5.16. The first-order valence-electron chi connectivity index (χ1n) is 10.6. The van der Waals surface area contributed by atoms with Crippen LogP contribution in [0.5, 0.6) is 0 Å². The van der Waals surface area contributed by atoms with Crippen molar-refractivity contribution in [2.24, 2.45) is 0 Å². The Kier molecular flexibility index (Phi) is 13.0. The topological polar surface area (TPSA) is 53.2 Å². The molecule has 154 valence electrons. The lowest BCUT2D eigenvalue weighted by atomic mass is 10.0. The van der Waals surface area contributed by atoms with Crippen LogP contribution in [0.25, 0.3) is 0 Å². The van der Waals surface area contributed by atoms with Gasteiger partial charge in [-0.25, -0.2) is 4.79 Å². The predicted octanol–water partition coefficient (Wildman–Crippen LogP) is 5.67. The summed E-state index contributed by atoms with van der Waals surface area (Å²) in [6, 6.07) is 8.44. The number of urea groups is 1. The van der Waals surface area contributed by atoms with E-state index in [1.807, 2.05) is 12.1 Å². The summed E-state index contributed by atoms with van der Waals surface area (Å²) < 4.78 is 0. The van der Waals surface area contributed by atoms with Crippen LogP contribution >= 0.6 is 12.4 Å². The normalized spacial score (nSPS) is 16.4. The molecule has 0 aliphatic carbocycles. The molecule has 27 heavy (non-hydrogen) atoms. The van der Waals surface area contributed by atoms with E-state index in [1.54, 1.807) is 0 Å². The third kappa shape index (κ3) is 10.6. The van der Waals surface area contributed by atoms with Crippen LogP contribution in [0.15, 0.2) is 24.3 Å². The molecule has 2 amide bonds. The number of anilines is 1. The maximum absolute atomic E-state index is 12.1. The maximum Gasteiger partial charge on any atom is 0.319 e. The first-order chi connectivity index (χ1) is 12.8.